The van der Waals surface area contributed by atoms with Crippen molar-refractivity contribution in [3.63, 3.8) is 0 Å². The Hall–Kier alpha value is -2.42. The second-order valence-electron chi connectivity index (χ2n) is 3.86. The standard InChI is InChI=1S/C11H10ClF2N5O2/c12-7-5-6(1-2-8(7)14)19(4-3-13)11-9(10(15)16-20)17-21-18-11/h1-2,5,20H,3-4H2,(H2,15,16). The molecule has 3 N–H and O–H groups in total. The Balaban J connectivity index is 2.48. The molecule has 2 rings (SSSR count). The number of nitrogens with two attached hydrogens (primary N) is 1. The lowest BCUT2D eigenvalue weighted by atomic mass is 10.2. The molecule has 0 saturated heterocycles. The smallest absolute Gasteiger partial charge is 0.209 e. The van der Waals surface area contributed by atoms with Gasteiger partial charge in [0.05, 0.1) is 11.6 Å². The van der Waals surface area contributed by atoms with Crippen LogP contribution in [0.1, 0.15) is 5.69 Å². The van der Waals surface area contributed by atoms with Crippen LogP contribution in [0.25, 0.3) is 0 Å². The predicted octanol–water partition coefficient (Wildman–Crippen LogP) is 2.06. The van der Waals surface area contributed by atoms with Crippen molar-refractivity contribution in [3.05, 3.63) is 34.7 Å². The maximum Gasteiger partial charge on any atom is 0.209 e. The lowest BCUT2D eigenvalue weighted by Gasteiger charge is -2.21. The molecule has 0 spiro atoms. The van der Waals surface area contributed by atoms with Crippen molar-refractivity contribution in [1.29, 1.82) is 0 Å². The Kier molecular flexibility index (Phi) is 4.53. The molecular weight excluding hydrogens is 308 g/mol. The highest BCUT2D eigenvalue weighted by Gasteiger charge is 2.22. The lowest BCUT2D eigenvalue weighted by Crippen LogP contribution is -2.24. The molecule has 1 aromatic carbocycles. The van der Waals surface area contributed by atoms with Gasteiger partial charge in [-0.05, 0) is 28.5 Å². The molecule has 112 valence electrons. The minimum Gasteiger partial charge on any atom is -0.409 e. The van der Waals surface area contributed by atoms with Crippen LogP contribution in [-0.4, -0.2) is 34.6 Å². The molecule has 0 saturated carbocycles. The highest BCUT2D eigenvalue weighted by atomic mass is 35.5. The second kappa shape index (κ2) is 6.35. The quantitative estimate of drug-likeness (QED) is 0.379. The van der Waals surface area contributed by atoms with Gasteiger partial charge in [0.1, 0.15) is 12.5 Å². The number of aromatic nitrogens is 2. The van der Waals surface area contributed by atoms with Crippen LogP contribution in [0, 0.1) is 5.82 Å². The van der Waals surface area contributed by atoms with Crippen molar-refractivity contribution in [3.8, 4) is 0 Å². The molecule has 10 heteroatoms. The zero-order valence-corrected chi connectivity index (χ0v) is 11.3. The normalized spacial score (nSPS) is 11.7. The third-order valence-electron chi connectivity index (χ3n) is 2.60. The SMILES string of the molecule is NC(=NO)c1nonc1N(CCF)c1ccc(F)c(Cl)c1. The van der Waals surface area contributed by atoms with Gasteiger partial charge in [0.2, 0.25) is 5.82 Å². The Labute approximate surface area is 122 Å². The fourth-order valence-corrected chi connectivity index (χ4v) is 1.84. The number of oxime groups is 1. The van der Waals surface area contributed by atoms with E-state index < -0.39 is 12.5 Å². The average Bonchev–Trinajstić information content (AvgIpc) is 2.96. The van der Waals surface area contributed by atoms with E-state index in [1.165, 1.54) is 17.0 Å². The highest BCUT2D eigenvalue weighted by molar-refractivity contribution is 6.31. The first-order valence-electron chi connectivity index (χ1n) is 5.67. The summed E-state index contributed by atoms with van der Waals surface area (Å²) >= 11 is 5.71. The third kappa shape index (κ3) is 3.02. The molecule has 1 heterocycles. The summed E-state index contributed by atoms with van der Waals surface area (Å²) in [4.78, 5) is 1.31. The molecule has 0 aliphatic heterocycles. The third-order valence-corrected chi connectivity index (χ3v) is 2.89. The van der Waals surface area contributed by atoms with Gasteiger partial charge in [-0.1, -0.05) is 16.8 Å². The summed E-state index contributed by atoms with van der Waals surface area (Å²) in [5.41, 5.74) is 5.71. The minimum absolute atomic E-state index is 0.0191. The Morgan fingerprint density at radius 1 is 1.48 bits per heavy atom. The summed E-state index contributed by atoms with van der Waals surface area (Å²) in [6.07, 6.45) is 0. The zero-order chi connectivity index (χ0) is 15.4. The number of hydrogen-bond donors (Lipinski definition) is 2. The van der Waals surface area contributed by atoms with Gasteiger partial charge < -0.3 is 15.8 Å². The van der Waals surface area contributed by atoms with Crippen molar-refractivity contribution in [2.75, 3.05) is 18.1 Å². The first-order chi connectivity index (χ1) is 10.1. The Bertz CT molecular complexity index is 664. The number of hydrogen-bond acceptors (Lipinski definition) is 6. The van der Waals surface area contributed by atoms with Crippen molar-refractivity contribution in [1.82, 2.24) is 10.3 Å². The maximum absolute atomic E-state index is 13.2. The topological polar surface area (TPSA) is 101 Å². The molecule has 0 aliphatic rings. The van der Waals surface area contributed by atoms with Crippen LogP contribution in [0.2, 0.25) is 5.02 Å². The molecule has 2 aromatic rings. The summed E-state index contributed by atoms with van der Waals surface area (Å²) in [5.74, 6) is -0.954. The van der Waals surface area contributed by atoms with E-state index in [1.54, 1.807) is 0 Å². The molecule has 1 aromatic heterocycles. The van der Waals surface area contributed by atoms with Crippen LogP contribution in [-0.2, 0) is 0 Å². The maximum atomic E-state index is 13.2. The fourth-order valence-electron chi connectivity index (χ4n) is 1.66. The van der Waals surface area contributed by atoms with Gasteiger partial charge in [-0.2, -0.15) is 0 Å². The Morgan fingerprint density at radius 2 is 2.24 bits per heavy atom. The summed E-state index contributed by atoms with van der Waals surface area (Å²) in [6.45, 7) is -0.876. The van der Waals surface area contributed by atoms with Crippen molar-refractivity contribution in [2.45, 2.75) is 0 Å². The first kappa shape index (κ1) is 15.0. The van der Waals surface area contributed by atoms with Gasteiger partial charge in [0.25, 0.3) is 0 Å². The minimum atomic E-state index is -0.739. The number of nitrogens with zero attached hydrogens (tertiary/aromatic N) is 4. The van der Waals surface area contributed by atoms with E-state index in [-0.39, 0.29) is 28.9 Å². The van der Waals surface area contributed by atoms with Crippen LogP contribution in [0.5, 0.6) is 0 Å². The van der Waals surface area contributed by atoms with Crippen LogP contribution in [0.3, 0.4) is 0 Å². The largest absolute Gasteiger partial charge is 0.409 e. The lowest BCUT2D eigenvalue weighted by molar-refractivity contribution is 0.304. The molecule has 0 amide bonds. The molecule has 0 aliphatic carbocycles. The monoisotopic (exact) mass is 317 g/mol. The molecular formula is C11H10ClF2N5O2. The van der Waals surface area contributed by atoms with Gasteiger partial charge in [0.15, 0.2) is 11.5 Å². The van der Waals surface area contributed by atoms with Crippen LogP contribution < -0.4 is 10.6 Å². The van der Waals surface area contributed by atoms with Crippen LogP contribution in [0.4, 0.5) is 20.3 Å². The number of halogens is 3. The molecule has 21 heavy (non-hydrogen) atoms. The summed E-state index contributed by atoms with van der Waals surface area (Å²) < 4.78 is 30.5. The van der Waals surface area contributed by atoms with E-state index in [2.05, 4.69) is 20.1 Å². The molecule has 0 atom stereocenters. The van der Waals surface area contributed by atoms with Crippen LogP contribution in [0.15, 0.2) is 28.0 Å². The summed E-state index contributed by atoms with van der Waals surface area (Å²) in [5, 5.41) is 18.4. The number of amidine groups is 1. The van der Waals surface area contributed by atoms with Gasteiger partial charge in [-0.3, -0.25) is 0 Å². The number of anilines is 2. The number of benzene rings is 1. The summed E-state index contributed by atoms with van der Waals surface area (Å²) in [7, 11) is 0. The van der Waals surface area contributed by atoms with E-state index in [0.29, 0.717) is 5.69 Å². The molecule has 0 unspecified atom stereocenters. The molecule has 7 nitrogen and oxygen atoms in total. The first-order valence-corrected chi connectivity index (χ1v) is 6.05. The van der Waals surface area contributed by atoms with Gasteiger partial charge >= 0.3 is 0 Å². The predicted molar refractivity (Wildman–Crippen MR) is 71.2 cm³/mol. The Morgan fingerprint density at radius 3 is 2.86 bits per heavy atom. The average molecular weight is 318 g/mol. The van der Waals surface area contributed by atoms with E-state index in [9.17, 15) is 8.78 Å². The molecule has 0 fully saturated rings. The second-order valence-corrected chi connectivity index (χ2v) is 4.27. The number of rotatable bonds is 5. The fraction of sp³-hybridized carbons (Fsp3) is 0.182. The van der Waals surface area contributed by atoms with Crippen molar-refractivity contribution < 1.29 is 18.6 Å². The van der Waals surface area contributed by atoms with Crippen molar-refractivity contribution >= 4 is 28.9 Å². The number of alkyl halides is 1. The summed E-state index contributed by atoms with van der Waals surface area (Å²) in [6, 6.07) is 3.79. The molecule has 0 radical (unpaired) electrons. The van der Waals surface area contributed by atoms with Gasteiger partial charge in [0, 0.05) is 5.69 Å². The van der Waals surface area contributed by atoms with Crippen molar-refractivity contribution in [2.24, 2.45) is 10.9 Å². The highest BCUT2D eigenvalue weighted by Crippen LogP contribution is 2.29. The van der Waals surface area contributed by atoms with Crippen LogP contribution >= 0.6 is 11.6 Å². The van der Waals surface area contributed by atoms with E-state index in [0.717, 1.165) is 6.07 Å². The van der Waals surface area contributed by atoms with E-state index in [1.807, 2.05) is 0 Å². The van der Waals surface area contributed by atoms with Gasteiger partial charge in [-0.25, -0.2) is 13.4 Å². The van der Waals surface area contributed by atoms with Gasteiger partial charge in [-0.15, -0.1) is 0 Å². The molecule has 0 bridgehead atoms. The van der Waals surface area contributed by atoms with E-state index >= 15 is 0 Å². The zero-order valence-electron chi connectivity index (χ0n) is 10.5. The van der Waals surface area contributed by atoms with E-state index in [4.69, 9.17) is 22.5 Å².